The molecule has 0 fully saturated rings. The lowest BCUT2D eigenvalue weighted by molar-refractivity contribution is 0.0603. The lowest BCUT2D eigenvalue weighted by Gasteiger charge is -2.24. The fourth-order valence-corrected chi connectivity index (χ4v) is 3.05. The lowest BCUT2D eigenvalue weighted by atomic mass is 10.2. The predicted molar refractivity (Wildman–Crippen MR) is 89.0 cm³/mol. The normalized spacial score (nSPS) is 12.0. The standard InChI is InChI=1S/C17H17N3O2S/c21-15(16-7-4-10-23-16)12-20(11-13-5-2-1-3-6-13)17(22)14-8-9-18-19-14/h1-10,15,21H,11-12H2,(H,18,19)/t15-/m0/s1. The number of hydrogen-bond acceptors (Lipinski definition) is 4. The summed E-state index contributed by atoms with van der Waals surface area (Å²) in [5, 5.41) is 18.8. The van der Waals surface area contributed by atoms with Crippen LogP contribution in [0, 0.1) is 0 Å². The van der Waals surface area contributed by atoms with Crippen molar-refractivity contribution < 1.29 is 9.90 Å². The van der Waals surface area contributed by atoms with Gasteiger partial charge in [-0.2, -0.15) is 5.10 Å². The van der Waals surface area contributed by atoms with Crippen LogP contribution in [0.1, 0.15) is 27.0 Å². The maximum atomic E-state index is 12.7. The molecule has 1 amide bonds. The maximum absolute atomic E-state index is 12.7. The number of aromatic nitrogens is 2. The molecule has 0 spiro atoms. The van der Waals surface area contributed by atoms with Crippen molar-refractivity contribution in [3.63, 3.8) is 0 Å². The summed E-state index contributed by atoms with van der Waals surface area (Å²) in [4.78, 5) is 15.1. The van der Waals surface area contributed by atoms with Crippen molar-refractivity contribution in [2.45, 2.75) is 12.6 Å². The Hall–Kier alpha value is -2.44. The molecule has 2 aromatic heterocycles. The molecule has 2 heterocycles. The van der Waals surface area contributed by atoms with Gasteiger partial charge in [0.25, 0.3) is 5.91 Å². The molecule has 0 bridgehead atoms. The molecule has 0 unspecified atom stereocenters. The topological polar surface area (TPSA) is 69.2 Å². The Labute approximate surface area is 138 Å². The Balaban J connectivity index is 1.79. The van der Waals surface area contributed by atoms with Crippen LogP contribution in [0.2, 0.25) is 0 Å². The van der Waals surface area contributed by atoms with E-state index in [0.29, 0.717) is 12.2 Å². The van der Waals surface area contributed by atoms with Gasteiger partial charge in [-0.15, -0.1) is 11.3 Å². The highest BCUT2D eigenvalue weighted by Crippen LogP contribution is 2.21. The Morgan fingerprint density at radius 3 is 2.70 bits per heavy atom. The molecule has 3 aromatic rings. The number of carbonyl (C=O) groups excluding carboxylic acids is 1. The number of hydrogen-bond donors (Lipinski definition) is 2. The summed E-state index contributed by atoms with van der Waals surface area (Å²) in [6, 6.07) is 15.1. The molecule has 0 saturated carbocycles. The number of benzene rings is 1. The van der Waals surface area contributed by atoms with Crippen molar-refractivity contribution in [1.29, 1.82) is 0 Å². The summed E-state index contributed by atoms with van der Waals surface area (Å²) in [7, 11) is 0. The first-order chi connectivity index (χ1) is 11.2. The zero-order chi connectivity index (χ0) is 16.1. The average molecular weight is 327 g/mol. The van der Waals surface area contributed by atoms with Gasteiger partial charge in [0.05, 0.1) is 6.54 Å². The molecule has 0 radical (unpaired) electrons. The van der Waals surface area contributed by atoms with E-state index >= 15 is 0 Å². The fraction of sp³-hybridized carbons (Fsp3) is 0.176. The van der Waals surface area contributed by atoms with Gasteiger partial charge in [-0.05, 0) is 23.1 Å². The molecule has 1 aromatic carbocycles. The van der Waals surface area contributed by atoms with Gasteiger partial charge in [0.15, 0.2) is 0 Å². The highest BCUT2D eigenvalue weighted by atomic mass is 32.1. The second-order valence-corrected chi connectivity index (χ2v) is 6.15. The van der Waals surface area contributed by atoms with Gasteiger partial charge in [-0.25, -0.2) is 0 Å². The van der Waals surface area contributed by atoms with Crippen LogP contribution in [0.3, 0.4) is 0 Å². The summed E-state index contributed by atoms with van der Waals surface area (Å²) >= 11 is 1.48. The molecule has 1 atom stereocenters. The molecule has 2 N–H and O–H groups in total. The first-order valence-corrected chi connectivity index (χ1v) is 8.16. The minimum Gasteiger partial charge on any atom is -0.386 e. The number of amides is 1. The van der Waals surface area contributed by atoms with E-state index in [1.807, 2.05) is 47.8 Å². The van der Waals surface area contributed by atoms with Crippen molar-refractivity contribution in [3.8, 4) is 0 Å². The van der Waals surface area contributed by atoms with Crippen LogP contribution >= 0.6 is 11.3 Å². The van der Waals surface area contributed by atoms with Crippen LogP contribution in [0.4, 0.5) is 0 Å². The van der Waals surface area contributed by atoms with E-state index in [1.165, 1.54) is 11.3 Å². The minimum absolute atomic E-state index is 0.179. The Morgan fingerprint density at radius 1 is 1.22 bits per heavy atom. The van der Waals surface area contributed by atoms with E-state index in [4.69, 9.17) is 0 Å². The molecule has 0 saturated heterocycles. The zero-order valence-corrected chi connectivity index (χ0v) is 13.2. The van der Waals surface area contributed by atoms with Gasteiger partial charge < -0.3 is 10.0 Å². The van der Waals surface area contributed by atoms with Crippen molar-refractivity contribution in [2.24, 2.45) is 0 Å². The molecule has 0 aliphatic heterocycles. The number of nitrogens with zero attached hydrogens (tertiary/aromatic N) is 2. The Morgan fingerprint density at radius 2 is 2.04 bits per heavy atom. The molecule has 6 heteroatoms. The maximum Gasteiger partial charge on any atom is 0.272 e. The van der Waals surface area contributed by atoms with Gasteiger partial charge in [-0.1, -0.05) is 36.4 Å². The zero-order valence-electron chi connectivity index (χ0n) is 12.4. The summed E-state index contributed by atoms with van der Waals surface area (Å²) in [6.07, 6.45) is 0.842. The van der Waals surface area contributed by atoms with Crippen molar-refractivity contribution in [1.82, 2.24) is 15.1 Å². The van der Waals surface area contributed by atoms with E-state index in [2.05, 4.69) is 10.2 Å². The number of carbonyl (C=O) groups is 1. The van der Waals surface area contributed by atoms with Gasteiger partial charge >= 0.3 is 0 Å². The third-order valence-corrected chi connectivity index (χ3v) is 4.47. The number of aliphatic hydroxyl groups is 1. The minimum atomic E-state index is -0.703. The number of aromatic amines is 1. The van der Waals surface area contributed by atoms with Crippen LogP contribution < -0.4 is 0 Å². The number of nitrogens with one attached hydrogen (secondary N) is 1. The molecule has 23 heavy (non-hydrogen) atoms. The largest absolute Gasteiger partial charge is 0.386 e. The predicted octanol–water partition coefficient (Wildman–Crippen LogP) is 2.85. The molecular weight excluding hydrogens is 310 g/mol. The quantitative estimate of drug-likeness (QED) is 0.731. The first-order valence-electron chi connectivity index (χ1n) is 7.28. The summed E-state index contributed by atoms with van der Waals surface area (Å²) in [5.74, 6) is -0.179. The smallest absolute Gasteiger partial charge is 0.272 e. The van der Waals surface area contributed by atoms with Crippen LogP contribution in [0.15, 0.2) is 60.1 Å². The number of thiophene rings is 1. The molecule has 5 nitrogen and oxygen atoms in total. The third-order valence-electron chi connectivity index (χ3n) is 3.50. The van der Waals surface area contributed by atoms with E-state index in [0.717, 1.165) is 10.4 Å². The fourth-order valence-electron chi connectivity index (χ4n) is 2.35. The SMILES string of the molecule is O=C(c1ccn[nH]1)N(Cc1ccccc1)C[C@H](O)c1cccs1. The van der Waals surface area contributed by atoms with E-state index in [9.17, 15) is 9.90 Å². The number of H-pyrrole nitrogens is 1. The summed E-state index contributed by atoms with van der Waals surface area (Å²) in [5.41, 5.74) is 1.43. The Bertz CT molecular complexity index is 727. The Kier molecular flexibility index (Phi) is 4.85. The summed E-state index contributed by atoms with van der Waals surface area (Å²) in [6.45, 7) is 0.661. The van der Waals surface area contributed by atoms with Crippen LogP contribution in [0.25, 0.3) is 0 Å². The van der Waals surface area contributed by atoms with Crippen molar-refractivity contribution in [3.05, 3.63) is 76.2 Å². The average Bonchev–Trinajstić information content (AvgIpc) is 3.27. The van der Waals surface area contributed by atoms with Gasteiger partial charge in [0.1, 0.15) is 11.8 Å². The number of aliphatic hydroxyl groups excluding tert-OH is 1. The van der Waals surface area contributed by atoms with Gasteiger partial charge in [0.2, 0.25) is 0 Å². The molecular formula is C17H17N3O2S. The van der Waals surface area contributed by atoms with Crippen molar-refractivity contribution >= 4 is 17.2 Å². The third kappa shape index (κ3) is 3.85. The second kappa shape index (κ2) is 7.21. The summed E-state index contributed by atoms with van der Waals surface area (Å²) < 4.78 is 0. The lowest BCUT2D eigenvalue weighted by Crippen LogP contribution is -2.34. The van der Waals surface area contributed by atoms with E-state index < -0.39 is 6.10 Å². The van der Waals surface area contributed by atoms with Crippen LogP contribution in [-0.4, -0.2) is 32.7 Å². The monoisotopic (exact) mass is 327 g/mol. The van der Waals surface area contributed by atoms with Gasteiger partial charge in [-0.3, -0.25) is 9.89 Å². The van der Waals surface area contributed by atoms with Crippen LogP contribution in [-0.2, 0) is 6.54 Å². The van der Waals surface area contributed by atoms with Crippen molar-refractivity contribution in [2.75, 3.05) is 6.54 Å². The molecule has 0 aliphatic carbocycles. The molecule has 118 valence electrons. The molecule has 0 aliphatic rings. The number of rotatable bonds is 6. The highest BCUT2D eigenvalue weighted by Gasteiger charge is 2.21. The highest BCUT2D eigenvalue weighted by molar-refractivity contribution is 7.10. The van der Waals surface area contributed by atoms with Crippen LogP contribution in [0.5, 0.6) is 0 Å². The van der Waals surface area contributed by atoms with E-state index in [1.54, 1.807) is 17.2 Å². The van der Waals surface area contributed by atoms with E-state index in [-0.39, 0.29) is 12.5 Å². The van der Waals surface area contributed by atoms with Gasteiger partial charge in [0, 0.05) is 17.6 Å². The molecule has 3 rings (SSSR count). The first kappa shape index (κ1) is 15.5. The second-order valence-electron chi connectivity index (χ2n) is 5.17.